The molecule has 0 fully saturated rings. The van der Waals surface area contributed by atoms with Gasteiger partial charge < -0.3 is 14.4 Å². The first-order valence-corrected chi connectivity index (χ1v) is 7.15. The zero-order valence-corrected chi connectivity index (χ0v) is 13.6. The molecule has 3 aromatic rings. The van der Waals surface area contributed by atoms with Crippen LogP contribution in [0.3, 0.4) is 0 Å². The monoisotopic (exact) mass is 310 g/mol. The van der Waals surface area contributed by atoms with E-state index in [2.05, 4.69) is 15.2 Å². The van der Waals surface area contributed by atoms with E-state index in [9.17, 15) is 0 Å². The highest BCUT2D eigenvalue weighted by Gasteiger charge is 2.12. The predicted molar refractivity (Wildman–Crippen MR) is 90.2 cm³/mol. The molecule has 0 aliphatic rings. The molecule has 6 heteroatoms. The summed E-state index contributed by atoms with van der Waals surface area (Å²) in [6.45, 7) is 0. The predicted octanol–water partition coefficient (Wildman–Crippen LogP) is 2.78. The number of pyridine rings is 1. The van der Waals surface area contributed by atoms with Crippen molar-refractivity contribution in [3.63, 3.8) is 0 Å². The highest BCUT2D eigenvalue weighted by Crippen LogP contribution is 2.35. The third-order valence-electron chi connectivity index (χ3n) is 3.66. The van der Waals surface area contributed by atoms with Gasteiger partial charge in [0.1, 0.15) is 5.82 Å². The number of methoxy groups -OCH3 is 2. The van der Waals surface area contributed by atoms with Crippen molar-refractivity contribution in [2.75, 3.05) is 33.2 Å². The van der Waals surface area contributed by atoms with Gasteiger partial charge >= 0.3 is 0 Å². The summed E-state index contributed by atoms with van der Waals surface area (Å²) in [5.41, 5.74) is 2.67. The molecule has 0 aliphatic heterocycles. The van der Waals surface area contributed by atoms with Crippen molar-refractivity contribution in [3.05, 3.63) is 36.7 Å². The Balaban J connectivity index is 2.17. The lowest BCUT2D eigenvalue weighted by Crippen LogP contribution is -2.10. The van der Waals surface area contributed by atoms with Gasteiger partial charge in [0.2, 0.25) is 0 Å². The Kier molecular flexibility index (Phi) is 3.97. The minimum Gasteiger partial charge on any atom is -0.493 e. The lowest BCUT2D eigenvalue weighted by Gasteiger charge is -2.13. The summed E-state index contributed by atoms with van der Waals surface area (Å²) in [5, 5.41) is 9.22. The Morgan fingerprint density at radius 3 is 2.30 bits per heavy atom. The Labute approximate surface area is 134 Å². The second-order valence-electron chi connectivity index (χ2n) is 5.28. The Bertz CT molecular complexity index is 832. The van der Waals surface area contributed by atoms with Gasteiger partial charge in [-0.2, -0.15) is 10.2 Å². The summed E-state index contributed by atoms with van der Waals surface area (Å²) in [6, 6.07) is 7.74. The van der Waals surface area contributed by atoms with Crippen molar-refractivity contribution < 1.29 is 9.47 Å². The van der Waals surface area contributed by atoms with Crippen LogP contribution in [0.2, 0.25) is 0 Å². The van der Waals surface area contributed by atoms with Gasteiger partial charge in [-0.1, -0.05) is 0 Å². The summed E-state index contributed by atoms with van der Waals surface area (Å²) in [7, 11) is 7.14. The second-order valence-corrected chi connectivity index (χ2v) is 5.28. The number of rotatable bonds is 4. The van der Waals surface area contributed by atoms with E-state index in [1.165, 1.54) is 0 Å². The molecule has 0 amide bonds. The normalized spacial score (nSPS) is 10.6. The molecule has 2 heterocycles. The molecule has 0 spiro atoms. The Hall–Kier alpha value is -2.89. The molecule has 6 nitrogen and oxygen atoms in total. The number of aromatic nitrogens is 3. The minimum atomic E-state index is 0.632. The first-order chi connectivity index (χ1) is 11.1. The van der Waals surface area contributed by atoms with E-state index >= 15 is 0 Å². The molecule has 3 rings (SSSR count). The molecular weight excluding hydrogens is 292 g/mol. The molecule has 0 radical (unpaired) electrons. The van der Waals surface area contributed by atoms with Crippen LogP contribution in [0.1, 0.15) is 0 Å². The number of ether oxygens (including phenoxy) is 2. The maximum Gasteiger partial charge on any atom is 0.162 e. The molecule has 118 valence electrons. The first-order valence-electron chi connectivity index (χ1n) is 7.15. The topological polar surface area (TPSA) is 60.4 Å². The van der Waals surface area contributed by atoms with Gasteiger partial charge in [0, 0.05) is 42.9 Å². The van der Waals surface area contributed by atoms with Crippen LogP contribution < -0.4 is 14.4 Å². The molecule has 0 saturated heterocycles. The van der Waals surface area contributed by atoms with Crippen LogP contribution in [-0.2, 0) is 0 Å². The molecule has 1 aromatic carbocycles. The van der Waals surface area contributed by atoms with Crippen LogP contribution in [0.5, 0.6) is 11.5 Å². The van der Waals surface area contributed by atoms with Crippen LogP contribution >= 0.6 is 0 Å². The fourth-order valence-electron chi connectivity index (χ4n) is 2.43. The van der Waals surface area contributed by atoms with E-state index in [0.717, 1.165) is 27.8 Å². The molecule has 0 bridgehead atoms. The van der Waals surface area contributed by atoms with Crippen LogP contribution in [0, 0.1) is 0 Å². The third-order valence-corrected chi connectivity index (χ3v) is 3.66. The van der Waals surface area contributed by atoms with Gasteiger partial charge in [-0.3, -0.25) is 0 Å². The van der Waals surface area contributed by atoms with Crippen molar-refractivity contribution in [1.29, 1.82) is 0 Å². The van der Waals surface area contributed by atoms with E-state index in [0.29, 0.717) is 11.5 Å². The molecule has 0 N–H and O–H groups in total. The minimum absolute atomic E-state index is 0.632. The van der Waals surface area contributed by atoms with Gasteiger partial charge in [-0.25, -0.2) is 4.98 Å². The van der Waals surface area contributed by atoms with Crippen LogP contribution in [0.25, 0.3) is 22.0 Å². The maximum absolute atomic E-state index is 5.39. The van der Waals surface area contributed by atoms with Crippen LogP contribution in [0.4, 0.5) is 5.82 Å². The number of hydrogen-bond acceptors (Lipinski definition) is 6. The fourth-order valence-corrected chi connectivity index (χ4v) is 2.43. The lowest BCUT2D eigenvalue weighted by atomic mass is 10.0. The number of fused-ring (bicyclic) bond motifs is 1. The van der Waals surface area contributed by atoms with Crippen LogP contribution in [-0.4, -0.2) is 43.5 Å². The summed E-state index contributed by atoms with van der Waals surface area (Å²) in [6.07, 6.45) is 3.57. The quantitative estimate of drug-likeness (QED) is 0.738. The average molecular weight is 310 g/mol. The Morgan fingerprint density at radius 2 is 1.70 bits per heavy atom. The molecule has 0 aliphatic carbocycles. The lowest BCUT2D eigenvalue weighted by molar-refractivity contribution is 0.356. The van der Waals surface area contributed by atoms with Gasteiger partial charge in [0.15, 0.2) is 11.5 Å². The molecule has 0 atom stereocenters. The van der Waals surface area contributed by atoms with Crippen LogP contribution in [0.15, 0.2) is 36.7 Å². The highest BCUT2D eigenvalue weighted by molar-refractivity contribution is 5.95. The summed E-state index contributed by atoms with van der Waals surface area (Å²) in [5.74, 6) is 2.19. The maximum atomic E-state index is 5.39. The summed E-state index contributed by atoms with van der Waals surface area (Å²) < 4.78 is 10.7. The van der Waals surface area contributed by atoms with E-state index < -0.39 is 0 Å². The third kappa shape index (κ3) is 2.75. The zero-order chi connectivity index (χ0) is 16.4. The molecular formula is C17H18N4O2. The van der Waals surface area contributed by atoms with Crippen molar-refractivity contribution >= 4 is 16.7 Å². The van der Waals surface area contributed by atoms with E-state index in [-0.39, 0.29) is 0 Å². The fraction of sp³-hybridized carbons (Fsp3) is 0.235. The van der Waals surface area contributed by atoms with E-state index in [4.69, 9.17) is 9.47 Å². The number of anilines is 1. The summed E-state index contributed by atoms with van der Waals surface area (Å²) >= 11 is 0. The van der Waals surface area contributed by atoms with E-state index in [1.54, 1.807) is 20.4 Å². The highest BCUT2D eigenvalue weighted by atomic mass is 16.5. The largest absolute Gasteiger partial charge is 0.493 e. The van der Waals surface area contributed by atoms with Gasteiger partial charge in [-0.15, -0.1) is 0 Å². The van der Waals surface area contributed by atoms with E-state index in [1.807, 2.05) is 49.5 Å². The standard InChI is InChI=1S/C17H18N4O2/c1-21(2)17-6-5-11(9-18-17)13-10-19-20-14-8-16(23-4)15(22-3)7-12(13)14/h5-10H,1-4H3. The van der Waals surface area contributed by atoms with Crippen molar-refractivity contribution in [2.24, 2.45) is 0 Å². The van der Waals surface area contributed by atoms with Crippen molar-refractivity contribution in [1.82, 2.24) is 15.2 Å². The number of benzene rings is 1. The smallest absolute Gasteiger partial charge is 0.162 e. The SMILES string of the molecule is COc1cc2nncc(-c3ccc(N(C)C)nc3)c2cc1OC. The number of hydrogen-bond donors (Lipinski definition) is 0. The molecule has 0 saturated carbocycles. The van der Waals surface area contributed by atoms with Gasteiger partial charge in [0.05, 0.1) is 25.9 Å². The first kappa shape index (κ1) is 15.0. The summed E-state index contributed by atoms with van der Waals surface area (Å²) in [4.78, 5) is 6.42. The van der Waals surface area contributed by atoms with Crippen molar-refractivity contribution in [2.45, 2.75) is 0 Å². The second kappa shape index (κ2) is 6.08. The number of nitrogens with zero attached hydrogens (tertiary/aromatic N) is 4. The Morgan fingerprint density at radius 1 is 0.957 bits per heavy atom. The zero-order valence-electron chi connectivity index (χ0n) is 13.6. The molecule has 0 unspecified atom stereocenters. The molecule has 23 heavy (non-hydrogen) atoms. The van der Waals surface area contributed by atoms with Gasteiger partial charge in [-0.05, 0) is 18.2 Å². The van der Waals surface area contributed by atoms with Gasteiger partial charge in [0.25, 0.3) is 0 Å². The average Bonchev–Trinajstić information content (AvgIpc) is 2.60. The van der Waals surface area contributed by atoms with Crippen molar-refractivity contribution in [3.8, 4) is 22.6 Å². The molecule has 2 aromatic heterocycles.